The second-order valence-electron chi connectivity index (χ2n) is 7.86. The van der Waals surface area contributed by atoms with Gasteiger partial charge < -0.3 is 9.47 Å². The van der Waals surface area contributed by atoms with E-state index >= 15 is 0 Å². The van der Waals surface area contributed by atoms with Crippen LogP contribution in [0, 0.1) is 0 Å². The van der Waals surface area contributed by atoms with Crippen LogP contribution >= 0.6 is 0 Å². The Bertz CT molecular complexity index is 911. The highest BCUT2D eigenvalue weighted by Gasteiger charge is 2.46. The fraction of sp³-hybridized carbons (Fsp3) is 0.308. The van der Waals surface area contributed by atoms with Crippen LogP contribution in [-0.4, -0.2) is 12.0 Å². The molecule has 1 fully saturated rings. The van der Waals surface area contributed by atoms with E-state index in [4.69, 9.17) is 9.47 Å². The van der Waals surface area contributed by atoms with Crippen molar-refractivity contribution in [3.63, 3.8) is 0 Å². The number of hydrogen-bond acceptors (Lipinski definition) is 2. The molecule has 2 atom stereocenters. The minimum absolute atomic E-state index is 0.239. The summed E-state index contributed by atoms with van der Waals surface area (Å²) in [5.41, 5.74) is 2.74. The number of halogens is 2. The van der Waals surface area contributed by atoms with Crippen LogP contribution in [0.2, 0.25) is 0 Å². The highest BCUT2D eigenvalue weighted by Crippen LogP contribution is 2.46. The quantitative estimate of drug-likeness (QED) is 0.430. The topological polar surface area (TPSA) is 18.5 Å². The van der Waals surface area contributed by atoms with Crippen molar-refractivity contribution in [2.45, 2.75) is 50.4 Å². The molecule has 1 aliphatic carbocycles. The number of hydrogen-bond donors (Lipinski definition) is 0. The zero-order valence-corrected chi connectivity index (χ0v) is 16.8. The van der Waals surface area contributed by atoms with Gasteiger partial charge in [0.15, 0.2) is 0 Å². The summed E-state index contributed by atoms with van der Waals surface area (Å²) in [6, 6.07) is 26.7. The van der Waals surface area contributed by atoms with Gasteiger partial charge in [-0.1, -0.05) is 72.8 Å². The third-order valence-corrected chi connectivity index (χ3v) is 5.65. The summed E-state index contributed by atoms with van der Waals surface area (Å²) in [5, 5.41) is 0. The Morgan fingerprint density at radius 1 is 0.733 bits per heavy atom. The maximum atomic E-state index is 14.9. The first-order valence-corrected chi connectivity index (χ1v) is 10.4. The van der Waals surface area contributed by atoms with Gasteiger partial charge >= 0.3 is 0 Å². The third kappa shape index (κ3) is 5.25. The Kier molecular flexibility index (Phi) is 6.44. The van der Waals surface area contributed by atoms with E-state index in [1.807, 2.05) is 60.7 Å². The monoisotopic (exact) mass is 408 g/mol. The van der Waals surface area contributed by atoms with E-state index in [1.54, 1.807) is 24.3 Å². The van der Waals surface area contributed by atoms with Crippen molar-refractivity contribution in [3.05, 3.63) is 102 Å². The van der Waals surface area contributed by atoms with Crippen molar-refractivity contribution >= 4 is 0 Å². The predicted molar refractivity (Wildman–Crippen MR) is 114 cm³/mol. The number of alkyl halides is 2. The number of rotatable bonds is 7. The van der Waals surface area contributed by atoms with Gasteiger partial charge in [0.1, 0.15) is 12.4 Å². The summed E-state index contributed by atoms with van der Waals surface area (Å²) in [6.45, 7) is 0.833. The first kappa shape index (κ1) is 20.5. The Hall–Kier alpha value is -2.72. The first-order chi connectivity index (χ1) is 14.6. The summed E-state index contributed by atoms with van der Waals surface area (Å²) in [7, 11) is 0. The summed E-state index contributed by atoms with van der Waals surface area (Å²) in [6.07, 6.45) is 0.400. The van der Waals surface area contributed by atoms with Crippen LogP contribution in [-0.2, 0) is 18.0 Å². The molecule has 30 heavy (non-hydrogen) atoms. The molecule has 3 aromatic carbocycles. The number of ether oxygens (including phenoxy) is 2. The van der Waals surface area contributed by atoms with E-state index in [0.29, 0.717) is 37.4 Å². The molecular weight excluding hydrogens is 382 g/mol. The van der Waals surface area contributed by atoms with Crippen molar-refractivity contribution < 1.29 is 18.3 Å². The van der Waals surface area contributed by atoms with E-state index in [1.165, 1.54) is 0 Å². The molecule has 0 aliphatic heterocycles. The predicted octanol–water partition coefficient (Wildman–Crippen LogP) is 6.75. The van der Waals surface area contributed by atoms with Crippen LogP contribution in [0.5, 0.6) is 5.75 Å². The summed E-state index contributed by atoms with van der Waals surface area (Å²) < 4.78 is 41.3. The Balaban J connectivity index is 1.32. The van der Waals surface area contributed by atoms with Gasteiger partial charge in [-0.2, -0.15) is 0 Å². The van der Waals surface area contributed by atoms with Gasteiger partial charge in [0.25, 0.3) is 5.92 Å². The minimum Gasteiger partial charge on any atom is -0.489 e. The van der Waals surface area contributed by atoms with Crippen molar-refractivity contribution in [3.8, 4) is 5.75 Å². The van der Waals surface area contributed by atoms with Gasteiger partial charge in [-0.15, -0.1) is 0 Å². The summed E-state index contributed by atoms with van der Waals surface area (Å²) in [5.74, 6) is -2.88. The fourth-order valence-electron chi connectivity index (χ4n) is 3.99. The zero-order chi connectivity index (χ0) is 20.8. The standard InChI is InChI=1S/C26H26F2O2/c27-26(28)17-24(30-19-21-9-5-2-6-10-21)15-16-25(26)22-11-13-23(14-12-22)29-18-20-7-3-1-4-8-20/h1-14,24-25H,15-19H2. The van der Waals surface area contributed by atoms with Crippen LogP contribution in [0.1, 0.15) is 41.9 Å². The van der Waals surface area contributed by atoms with Gasteiger partial charge in [-0.3, -0.25) is 0 Å². The number of benzene rings is 3. The van der Waals surface area contributed by atoms with Gasteiger partial charge in [-0.25, -0.2) is 8.78 Å². The molecule has 2 unspecified atom stereocenters. The zero-order valence-electron chi connectivity index (χ0n) is 16.8. The van der Waals surface area contributed by atoms with Crippen molar-refractivity contribution in [1.29, 1.82) is 0 Å². The molecule has 0 saturated heterocycles. The lowest BCUT2D eigenvalue weighted by Crippen LogP contribution is -2.37. The molecule has 1 saturated carbocycles. The molecule has 4 rings (SSSR count). The van der Waals surface area contributed by atoms with E-state index in [2.05, 4.69) is 0 Å². The molecule has 0 N–H and O–H groups in total. The Morgan fingerprint density at radius 2 is 1.33 bits per heavy atom. The molecule has 0 bridgehead atoms. The second-order valence-corrected chi connectivity index (χ2v) is 7.86. The Labute approximate surface area is 176 Å². The highest BCUT2D eigenvalue weighted by atomic mass is 19.3. The van der Waals surface area contributed by atoms with Crippen LogP contribution < -0.4 is 4.74 Å². The molecule has 4 heteroatoms. The van der Waals surface area contributed by atoms with E-state index in [0.717, 1.165) is 11.1 Å². The largest absolute Gasteiger partial charge is 0.489 e. The van der Waals surface area contributed by atoms with E-state index < -0.39 is 17.9 Å². The minimum atomic E-state index is -2.79. The molecule has 3 aromatic rings. The average molecular weight is 408 g/mol. The maximum absolute atomic E-state index is 14.9. The van der Waals surface area contributed by atoms with Crippen molar-refractivity contribution in [2.24, 2.45) is 0 Å². The van der Waals surface area contributed by atoms with Crippen LogP contribution in [0.25, 0.3) is 0 Å². The SMILES string of the molecule is FC1(F)CC(OCc2ccccc2)CCC1c1ccc(OCc2ccccc2)cc1. The van der Waals surface area contributed by atoms with Gasteiger partial charge in [0, 0.05) is 12.3 Å². The molecule has 0 spiro atoms. The molecule has 0 heterocycles. The molecular formula is C26H26F2O2. The van der Waals surface area contributed by atoms with Gasteiger partial charge in [0.2, 0.25) is 0 Å². The van der Waals surface area contributed by atoms with E-state index in [-0.39, 0.29) is 6.42 Å². The summed E-state index contributed by atoms with van der Waals surface area (Å²) >= 11 is 0. The van der Waals surface area contributed by atoms with E-state index in [9.17, 15) is 8.78 Å². The molecule has 1 aliphatic rings. The van der Waals surface area contributed by atoms with Crippen LogP contribution in [0.3, 0.4) is 0 Å². The second kappa shape index (κ2) is 9.40. The lowest BCUT2D eigenvalue weighted by molar-refractivity contribution is -0.115. The van der Waals surface area contributed by atoms with Crippen LogP contribution in [0.4, 0.5) is 8.78 Å². The molecule has 2 nitrogen and oxygen atoms in total. The Morgan fingerprint density at radius 3 is 1.93 bits per heavy atom. The van der Waals surface area contributed by atoms with Crippen molar-refractivity contribution in [2.75, 3.05) is 0 Å². The molecule has 0 radical (unpaired) electrons. The average Bonchev–Trinajstić information content (AvgIpc) is 2.78. The lowest BCUT2D eigenvalue weighted by Gasteiger charge is -2.36. The van der Waals surface area contributed by atoms with Gasteiger partial charge in [0.05, 0.1) is 12.7 Å². The highest BCUT2D eigenvalue weighted by molar-refractivity contribution is 5.31. The van der Waals surface area contributed by atoms with Crippen molar-refractivity contribution in [1.82, 2.24) is 0 Å². The molecule has 0 amide bonds. The normalized spacial score (nSPS) is 20.6. The fourth-order valence-corrected chi connectivity index (χ4v) is 3.99. The molecule has 0 aromatic heterocycles. The first-order valence-electron chi connectivity index (χ1n) is 10.4. The molecule has 156 valence electrons. The maximum Gasteiger partial charge on any atom is 0.257 e. The van der Waals surface area contributed by atoms with Gasteiger partial charge in [-0.05, 0) is 41.7 Å². The third-order valence-electron chi connectivity index (χ3n) is 5.65. The lowest BCUT2D eigenvalue weighted by atomic mass is 9.79. The van der Waals surface area contributed by atoms with Crippen LogP contribution in [0.15, 0.2) is 84.9 Å². The summed E-state index contributed by atoms with van der Waals surface area (Å²) in [4.78, 5) is 0. The smallest absolute Gasteiger partial charge is 0.257 e.